The Bertz CT molecular complexity index is 91.8. The van der Waals surface area contributed by atoms with Crippen molar-refractivity contribution in [3.8, 4) is 0 Å². The fourth-order valence-corrected chi connectivity index (χ4v) is 1.47. The quantitative estimate of drug-likeness (QED) is 0.459. The second kappa shape index (κ2) is 7.56. The van der Waals surface area contributed by atoms with Crippen molar-refractivity contribution < 1.29 is 10.2 Å². The van der Waals surface area contributed by atoms with Gasteiger partial charge in [0.2, 0.25) is 0 Å². The first kappa shape index (κ1) is 11.9. The molecule has 0 aromatic rings. The summed E-state index contributed by atoms with van der Waals surface area (Å²) in [6.45, 7) is 4.24. The average molecular weight is 174 g/mol. The van der Waals surface area contributed by atoms with Crippen LogP contribution in [0.3, 0.4) is 0 Å². The summed E-state index contributed by atoms with van der Waals surface area (Å²) >= 11 is 0. The molecule has 74 valence electrons. The maximum Gasteiger partial charge on any atom is 0.154 e. The molecule has 0 rings (SSSR count). The zero-order valence-electron chi connectivity index (χ0n) is 8.29. The molecule has 0 aromatic carbocycles. The van der Waals surface area contributed by atoms with Crippen molar-refractivity contribution in [2.45, 2.75) is 58.7 Å². The van der Waals surface area contributed by atoms with E-state index in [1.54, 1.807) is 0 Å². The van der Waals surface area contributed by atoms with Crippen molar-refractivity contribution in [1.29, 1.82) is 0 Å². The lowest BCUT2D eigenvalue weighted by Gasteiger charge is -2.17. The second-order valence-electron chi connectivity index (χ2n) is 3.46. The number of hydrogen-bond acceptors (Lipinski definition) is 2. The minimum atomic E-state index is -1.11. The van der Waals surface area contributed by atoms with Gasteiger partial charge in [-0.3, -0.25) is 0 Å². The standard InChI is InChI=1S/C10H22O2/c1-3-5-6-8-9(7-4-2)10(11)12/h9-12H,3-8H2,1-2H3. The van der Waals surface area contributed by atoms with Crippen molar-refractivity contribution in [2.24, 2.45) is 5.92 Å². The summed E-state index contributed by atoms with van der Waals surface area (Å²) < 4.78 is 0. The van der Waals surface area contributed by atoms with Gasteiger partial charge in [0, 0.05) is 5.92 Å². The zero-order valence-corrected chi connectivity index (χ0v) is 8.29. The van der Waals surface area contributed by atoms with Gasteiger partial charge >= 0.3 is 0 Å². The lowest BCUT2D eigenvalue weighted by atomic mass is 9.96. The van der Waals surface area contributed by atoms with Gasteiger partial charge < -0.3 is 10.2 Å². The predicted molar refractivity (Wildman–Crippen MR) is 50.8 cm³/mol. The maximum absolute atomic E-state index is 9.00. The Morgan fingerprint density at radius 3 is 2.00 bits per heavy atom. The van der Waals surface area contributed by atoms with Crippen LogP contribution in [0, 0.1) is 5.92 Å². The molecule has 1 unspecified atom stereocenters. The van der Waals surface area contributed by atoms with Crippen LogP contribution in [-0.4, -0.2) is 16.5 Å². The summed E-state index contributed by atoms with van der Waals surface area (Å²) in [6.07, 6.45) is 5.34. The third-order valence-electron chi connectivity index (χ3n) is 2.26. The van der Waals surface area contributed by atoms with E-state index < -0.39 is 6.29 Å². The smallest absolute Gasteiger partial charge is 0.154 e. The van der Waals surface area contributed by atoms with Crippen molar-refractivity contribution in [3.63, 3.8) is 0 Å². The van der Waals surface area contributed by atoms with Gasteiger partial charge in [-0.15, -0.1) is 0 Å². The molecule has 2 N–H and O–H groups in total. The topological polar surface area (TPSA) is 40.5 Å². The van der Waals surface area contributed by atoms with Crippen molar-refractivity contribution in [2.75, 3.05) is 0 Å². The van der Waals surface area contributed by atoms with Crippen LogP contribution >= 0.6 is 0 Å². The first-order valence-corrected chi connectivity index (χ1v) is 5.08. The Kier molecular flexibility index (Phi) is 7.51. The predicted octanol–water partition coefficient (Wildman–Crippen LogP) is 2.29. The molecule has 0 aliphatic heterocycles. The van der Waals surface area contributed by atoms with Gasteiger partial charge in [0.15, 0.2) is 6.29 Å². The van der Waals surface area contributed by atoms with E-state index in [1.807, 2.05) is 0 Å². The van der Waals surface area contributed by atoms with Crippen LogP contribution in [0.5, 0.6) is 0 Å². The van der Waals surface area contributed by atoms with Crippen molar-refractivity contribution in [3.05, 3.63) is 0 Å². The summed E-state index contributed by atoms with van der Waals surface area (Å²) in [7, 11) is 0. The highest BCUT2D eigenvalue weighted by atomic mass is 16.5. The van der Waals surface area contributed by atoms with Gasteiger partial charge in [0.1, 0.15) is 0 Å². The van der Waals surface area contributed by atoms with E-state index in [0.29, 0.717) is 0 Å². The SMILES string of the molecule is CCCCCC(CCC)C(O)O. The Balaban J connectivity index is 3.49. The van der Waals surface area contributed by atoms with Gasteiger partial charge in [-0.2, -0.15) is 0 Å². The van der Waals surface area contributed by atoms with Crippen molar-refractivity contribution >= 4 is 0 Å². The van der Waals surface area contributed by atoms with E-state index in [0.717, 1.165) is 25.7 Å². The molecule has 0 aromatic heterocycles. The Labute approximate surface area is 75.6 Å². The van der Waals surface area contributed by atoms with E-state index in [4.69, 9.17) is 10.2 Å². The first-order valence-electron chi connectivity index (χ1n) is 5.08. The van der Waals surface area contributed by atoms with Gasteiger partial charge in [-0.1, -0.05) is 39.5 Å². The number of unbranched alkanes of at least 4 members (excludes halogenated alkanes) is 2. The van der Waals surface area contributed by atoms with Crippen LogP contribution in [0.4, 0.5) is 0 Å². The molecule has 0 saturated carbocycles. The molecule has 0 saturated heterocycles. The molecule has 12 heavy (non-hydrogen) atoms. The molecular weight excluding hydrogens is 152 g/mol. The van der Waals surface area contributed by atoms with Crippen LogP contribution in [0.15, 0.2) is 0 Å². The fourth-order valence-electron chi connectivity index (χ4n) is 1.47. The highest BCUT2D eigenvalue weighted by Crippen LogP contribution is 2.18. The molecule has 0 bridgehead atoms. The lowest BCUT2D eigenvalue weighted by molar-refractivity contribution is -0.0886. The number of aliphatic hydroxyl groups is 2. The molecule has 0 heterocycles. The number of aliphatic hydroxyl groups excluding tert-OH is 1. The lowest BCUT2D eigenvalue weighted by Crippen LogP contribution is -2.19. The van der Waals surface area contributed by atoms with E-state index in [2.05, 4.69) is 13.8 Å². The van der Waals surface area contributed by atoms with Gasteiger partial charge in [0.25, 0.3) is 0 Å². The van der Waals surface area contributed by atoms with Crippen LogP contribution in [0.2, 0.25) is 0 Å². The highest BCUT2D eigenvalue weighted by molar-refractivity contribution is 4.60. The Morgan fingerprint density at radius 1 is 0.917 bits per heavy atom. The highest BCUT2D eigenvalue weighted by Gasteiger charge is 2.14. The molecule has 1 atom stereocenters. The van der Waals surface area contributed by atoms with E-state index in [1.165, 1.54) is 12.8 Å². The monoisotopic (exact) mass is 174 g/mol. The summed E-state index contributed by atoms with van der Waals surface area (Å²) in [4.78, 5) is 0. The average Bonchev–Trinajstić information content (AvgIpc) is 2.03. The minimum Gasteiger partial charge on any atom is -0.368 e. The van der Waals surface area contributed by atoms with Crippen LogP contribution in [0.1, 0.15) is 52.4 Å². The first-order chi connectivity index (χ1) is 5.72. The van der Waals surface area contributed by atoms with E-state index >= 15 is 0 Å². The van der Waals surface area contributed by atoms with Crippen LogP contribution in [0.25, 0.3) is 0 Å². The molecule has 0 fully saturated rings. The molecule has 0 spiro atoms. The Morgan fingerprint density at radius 2 is 1.58 bits per heavy atom. The number of hydrogen-bond donors (Lipinski definition) is 2. The molecule has 2 nitrogen and oxygen atoms in total. The molecule has 0 aliphatic rings. The van der Waals surface area contributed by atoms with Gasteiger partial charge in [-0.25, -0.2) is 0 Å². The van der Waals surface area contributed by atoms with Crippen molar-refractivity contribution in [1.82, 2.24) is 0 Å². The molecule has 0 amide bonds. The third-order valence-corrected chi connectivity index (χ3v) is 2.26. The van der Waals surface area contributed by atoms with E-state index in [-0.39, 0.29) is 5.92 Å². The zero-order chi connectivity index (χ0) is 9.40. The molecule has 0 aliphatic carbocycles. The fraction of sp³-hybridized carbons (Fsp3) is 1.00. The molecular formula is C10H22O2. The summed E-state index contributed by atoms with van der Waals surface area (Å²) in [5, 5.41) is 18.0. The minimum absolute atomic E-state index is 0.0987. The second-order valence-corrected chi connectivity index (χ2v) is 3.46. The van der Waals surface area contributed by atoms with Crippen LogP contribution < -0.4 is 0 Å². The van der Waals surface area contributed by atoms with E-state index in [9.17, 15) is 0 Å². The van der Waals surface area contributed by atoms with Crippen LogP contribution in [-0.2, 0) is 0 Å². The van der Waals surface area contributed by atoms with Gasteiger partial charge in [-0.05, 0) is 12.8 Å². The number of rotatable bonds is 7. The maximum atomic E-state index is 9.00. The van der Waals surface area contributed by atoms with Gasteiger partial charge in [0.05, 0.1) is 0 Å². The Hall–Kier alpha value is -0.0800. The molecule has 0 radical (unpaired) electrons. The molecule has 2 heteroatoms. The largest absolute Gasteiger partial charge is 0.368 e. The third kappa shape index (κ3) is 5.56. The normalized spacial score (nSPS) is 13.8. The summed E-state index contributed by atoms with van der Waals surface area (Å²) in [5.74, 6) is 0.0987. The summed E-state index contributed by atoms with van der Waals surface area (Å²) in [6, 6.07) is 0. The summed E-state index contributed by atoms with van der Waals surface area (Å²) in [5.41, 5.74) is 0.